The Labute approximate surface area is 78.1 Å². The second kappa shape index (κ2) is 3.87. The fourth-order valence-corrected chi connectivity index (χ4v) is 0.992. The molecule has 0 aliphatic heterocycles. The normalized spacial score (nSPS) is 10.2. The minimum Gasteiger partial charge on any atom is -0.489 e. The average molecular weight is 210 g/mol. The van der Waals surface area contributed by atoms with E-state index in [0.717, 1.165) is 0 Å². The summed E-state index contributed by atoms with van der Waals surface area (Å²) in [6.45, 7) is 1.67. The second-order valence-corrected chi connectivity index (χ2v) is 2.52. The Morgan fingerprint density at radius 1 is 1.31 bits per heavy atom. The van der Waals surface area contributed by atoms with E-state index in [4.69, 9.17) is 11.6 Å². The van der Waals surface area contributed by atoms with Gasteiger partial charge < -0.3 is 4.74 Å². The summed E-state index contributed by atoms with van der Waals surface area (Å²) in [7, 11) is 0. The summed E-state index contributed by atoms with van der Waals surface area (Å²) in [5.41, 5.74) is 0. The van der Waals surface area contributed by atoms with E-state index in [9.17, 15) is 13.2 Å². The Balaban J connectivity index is 3.26. The Morgan fingerprint density at radius 2 is 1.92 bits per heavy atom. The van der Waals surface area contributed by atoms with Crippen molar-refractivity contribution in [1.29, 1.82) is 0 Å². The van der Waals surface area contributed by atoms with Crippen LogP contribution in [-0.2, 0) is 0 Å². The molecule has 0 amide bonds. The predicted molar refractivity (Wildman–Crippen MR) is 41.3 cm³/mol. The van der Waals surface area contributed by atoms with Crippen LogP contribution in [-0.4, -0.2) is 6.61 Å². The van der Waals surface area contributed by atoms with Crippen LogP contribution < -0.4 is 4.74 Å². The van der Waals surface area contributed by atoms with Gasteiger partial charge >= 0.3 is 0 Å². The van der Waals surface area contributed by atoms with Gasteiger partial charge in [-0.25, -0.2) is 8.78 Å². The lowest BCUT2D eigenvalue weighted by atomic mass is 10.3. The molecular weight excluding hydrogens is 205 g/mol. The highest BCUT2D eigenvalue weighted by molar-refractivity contribution is 6.31. The van der Waals surface area contributed by atoms with Gasteiger partial charge in [0.15, 0.2) is 17.4 Å². The highest BCUT2D eigenvalue weighted by Crippen LogP contribution is 2.30. The van der Waals surface area contributed by atoms with Crippen LogP contribution in [0.2, 0.25) is 5.02 Å². The molecule has 0 unspecified atom stereocenters. The van der Waals surface area contributed by atoms with E-state index >= 15 is 0 Å². The largest absolute Gasteiger partial charge is 0.489 e. The molecule has 0 saturated carbocycles. The third kappa shape index (κ3) is 1.88. The number of ether oxygens (including phenoxy) is 1. The van der Waals surface area contributed by atoms with Crippen molar-refractivity contribution in [3.63, 3.8) is 0 Å². The Hall–Kier alpha value is -0.900. The van der Waals surface area contributed by atoms with E-state index in [1.165, 1.54) is 0 Å². The SMILES string of the molecule is CCOc1c(Cl)[c]c(F)c(F)c1F. The molecular formula is C8H5ClF3O. The lowest BCUT2D eigenvalue weighted by molar-refractivity contribution is 0.309. The summed E-state index contributed by atoms with van der Waals surface area (Å²) < 4.78 is 42.5. The van der Waals surface area contributed by atoms with Gasteiger partial charge in [-0.1, -0.05) is 11.6 Å². The van der Waals surface area contributed by atoms with Crippen LogP contribution >= 0.6 is 11.6 Å². The zero-order chi connectivity index (χ0) is 10.0. The molecule has 1 rings (SSSR count). The number of benzene rings is 1. The van der Waals surface area contributed by atoms with E-state index in [1.54, 1.807) is 13.0 Å². The summed E-state index contributed by atoms with van der Waals surface area (Å²) >= 11 is 5.36. The maximum Gasteiger partial charge on any atom is 0.205 e. The van der Waals surface area contributed by atoms with E-state index in [1.807, 2.05) is 0 Å². The minimum absolute atomic E-state index is 0.107. The summed E-state index contributed by atoms with van der Waals surface area (Å²) in [5, 5.41) is -0.404. The summed E-state index contributed by atoms with van der Waals surface area (Å²) in [6.07, 6.45) is 0. The van der Waals surface area contributed by atoms with E-state index in [-0.39, 0.29) is 6.61 Å². The molecule has 5 heteroatoms. The van der Waals surface area contributed by atoms with Gasteiger partial charge in [0, 0.05) is 6.07 Å². The number of halogens is 4. The van der Waals surface area contributed by atoms with Gasteiger partial charge in [0.2, 0.25) is 5.82 Å². The highest BCUT2D eigenvalue weighted by Gasteiger charge is 2.18. The Kier molecular flexibility index (Phi) is 3.03. The lowest BCUT2D eigenvalue weighted by Crippen LogP contribution is -2.00. The molecule has 0 heterocycles. The maximum absolute atomic E-state index is 12.9. The molecule has 0 aliphatic rings. The average Bonchev–Trinajstić information content (AvgIpc) is 2.09. The molecule has 71 valence electrons. The van der Waals surface area contributed by atoms with Crippen molar-refractivity contribution in [2.24, 2.45) is 0 Å². The van der Waals surface area contributed by atoms with Gasteiger partial charge in [-0.05, 0) is 6.92 Å². The molecule has 0 spiro atoms. The second-order valence-electron chi connectivity index (χ2n) is 2.14. The summed E-state index contributed by atoms with van der Waals surface area (Å²) in [4.78, 5) is 0. The van der Waals surface area contributed by atoms with Crippen molar-refractivity contribution >= 4 is 11.6 Å². The van der Waals surface area contributed by atoms with E-state index in [0.29, 0.717) is 0 Å². The van der Waals surface area contributed by atoms with Crippen molar-refractivity contribution in [1.82, 2.24) is 0 Å². The van der Waals surface area contributed by atoms with Crippen molar-refractivity contribution in [3.05, 3.63) is 28.5 Å². The topological polar surface area (TPSA) is 9.23 Å². The van der Waals surface area contributed by atoms with Crippen LogP contribution in [0.3, 0.4) is 0 Å². The number of hydrogen-bond donors (Lipinski definition) is 0. The first-order chi connectivity index (χ1) is 6.07. The van der Waals surface area contributed by atoms with Crippen LogP contribution in [0.5, 0.6) is 5.75 Å². The van der Waals surface area contributed by atoms with Crippen LogP contribution in [0.1, 0.15) is 6.92 Å². The molecule has 0 atom stereocenters. The van der Waals surface area contributed by atoms with E-state index < -0.39 is 28.2 Å². The van der Waals surface area contributed by atoms with Crippen molar-refractivity contribution in [3.8, 4) is 5.75 Å². The molecule has 0 N–H and O–H groups in total. The zero-order valence-electron chi connectivity index (χ0n) is 6.63. The first kappa shape index (κ1) is 10.2. The smallest absolute Gasteiger partial charge is 0.205 e. The van der Waals surface area contributed by atoms with Gasteiger partial charge in [0.05, 0.1) is 11.6 Å². The molecule has 0 aliphatic carbocycles. The zero-order valence-corrected chi connectivity index (χ0v) is 7.38. The third-order valence-electron chi connectivity index (χ3n) is 1.29. The summed E-state index contributed by atoms with van der Waals surface area (Å²) in [6, 6.07) is 1.79. The monoisotopic (exact) mass is 209 g/mol. The standard InChI is InChI=1S/C8H5ClF3O/c1-2-13-8-4(9)3-5(10)6(11)7(8)12/h2H2,1H3. The van der Waals surface area contributed by atoms with Crippen LogP contribution in [0.4, 0.5) is 13.2 Å². The lowest BCUT2D eigenvalue weighted by Gasteiger charge is -2.06. The van der Waals surface area contributed by atoms with Crippen molar-refractivity contribution in [2.75, 3.05) is 6.61 Å². The maximum atomic E-state index is 12.9. The predicted octanol–water partition coefficient (Wildman–Crippen LogP) is 2.96. The van der Waals surface area contributed by atoms with Gasteiger partial charge in [0.25, 0.3) is 0 Å². The van der Waals surface area contributed by atoms with Crippen molar-refractivity contribution in [2.45, 2.75) is 6.92 Å². The molecule has 0 fully saturated rings. The van der Waals surface area contributed by atoms with E-state index in [2.05, 4.69) is 4.74 Å². The fourth-order valence-electron chi connectivity index (χ4n) is 0.771. The van der Waals surface area contributed by atoms with Gasteiger partial charge in [-0.3, -0.25) is 0 Å². The van der Waals surface area contributed by atoms with Crippen LogP contribution in [0, 0.1) is 23.5 Å². The molecule has 1 aromatic rings. The number of rotatable bonds is 2. The molecule has 13 heavy (non-hydrogen) atoms. The molecule has 0 aromatic heterocycles. The molecule has 0 saturated heterocycles. The Morgan fingerprint density at radius 3 is 2.46 bits per heavy atom. The van der Waals surface area contributed by atoms with Gasteiger partial charge in [-0.2, -0.15) is 4.39 Å². The van der Waals surface area contributed by atoms with Crippen molar-refractivity contribution < 1.29 is 17.9 Å². The highest BCUT2D eigenvalue weighted by atomic mass is 35.5. The molecule has 1 nitrogen and oxygen atoms in total. The van der Waals surface area contributed by atoms with Crippen LogP contribution in [0.15, 0.2) is 0 Å². The molecule has 1 aromatic carbocycles. The summed E-state index contributed by atoms with van der Waals surface area (Å²) in [5.74, 6) is -5.02. The van der Waals surface area contributed by atoms with Gasteiger partial charge in [0.1, 0.15) is 0 Å². The van der Waals surface area contributed by atoms with Gasteiger partial charge in [-0.15, -0.1) is 0 Å². The molecule has 0 bridgehead atoms. The number of hydrogen-bond acceptors (Lipinski definition) is 1. The fraction of sp³-hybridized carbons (Fsp3) is 0.250. The first-order valence-corrected chi connectivity index (χ1v) is 3.83. The first-order valence-electron chi connectivity index (χ1n) is 3.46. The van der Waals surface area contributed by atoms with Crippen LogP contribution in [0.25, 0.3) is 0 Å². The quantitative estimate of drug-likeness (QED) is 0.538. The Bertz CT molecular complexity index is 328. The minimum atomic E-state index is -1.63. The third-order valence-corrected chi connectivity index (χ3v) is 1.56. The molecule has 1 radical (unpaired) electrons.